The fourth-order valence-corrected chi connectivity index (χ4v) is 4.29. The van der Waals surface area contributed by atoms with Crippen LogP contribution in [0.15, 0.2) is 78.9 Å². The third-order valence-electron chi connectivity index (χ3n) is 6.67. The van der Waals surface area contributed by atoms with Crippen molar-refractivity contribution in [1.82, 2.24) is 10.2 Å². The molecule has 1 heterocycles. The van der Waals surface area contributed by atoms with Gasteiger partial charge in [0.1, 0.15) is 18.5 Å². The van der Waals surface area contributed by atoms with Crippen molar-refractivity contribution < 1.29 is 47.0 Å². The number of anilines is 1. The molecule has 0 spiro atoms. The Bertz CT molecular complexity index is 1590. The van der Waals surface area contributed by atoms with Crippen LogP contribution >= 0.6 is 0 Å². The molecule has 1 aliphatic rings. The number of amides is 3. The highest BCUT2D eigenvalue weighted by Crippen LogP contribution is 2.18. The van der Waals surface area contributed by atoms with Crippen molar-refractivity contribution in [1.29, 1.82) is 5.41 Å². The number of amidine groups is 1. The minimum atomic E-state index is -4.92. The van der Waals surface area contributed by atoms with Gasteiger partial charge in [-0.2, -0.15) is 13.2 Å². The number of hydrogen-bond acceptors (Lipinski definition) is 7. The molecule has 0 unspecified atom stereocenters. The number of nitrogens with zero attached hydrogens (tertiary/aromatic N) is 1. The molecule has 15 heteroatoms. The van der Waals surface area contributed by atoms with Gasteiger partial charge in [-0.1, -0.05) is 42.5 Å². The fourth-order valence-electron chi connectivity index (χ4n) is 4.29. The van der Waals surface area contributed by atoms with Crippen LogP contribution in [0.25, 0.3) is 0 Å². The summed E-state index contributed by atoms with van der Waals surface area (Å²) >= 11 is 0. The van der Waals surface area contributed by atoms with Gasteiger partial charge < -0.3 is 31.1 Å². The second-order valence-electron chi connectivity index (χ2n) is 10.2. The number of carboxylic acids is 1. The van der Waals surface area contributed by atoms with E-state index in [2.05, 4.69) is 15.4 Å². The second-order valence-corrected chi connectivity index (χ2v) is 10.2. The molecule has 1 atom stereocenters. The van der Waals surface area contributed by atoms with E-state index < -0.39 is 42.4 Å². The number of carbonyl (C=O) groups is 5. The molecular weight excluding hydrogens is 623 g/mol. The number of ether oxygens (including phenoxy) is 1. The second kappa shape index (κ2) is 16.5. The number of halogens is 3. The van der Waals surface area contributed by atoms with E-state index in [1.807, 2.05) is 0 Å². The molecule has 6 N–H and O–H groups in total. The highest BCUT2D eigenvalue weighted by molar-refractivity contribution is 6.04. The van der Waals surface area contributed by atoms with Crippen molar-refractivity contribution in [2.24, 2.45) is 5.73 Å². The summed E-state index contributed by atoms with van der Waals surface area (Å²) in [5.41, 5.74) is 7.30. The number of carboxylic acid groups (broad SMARTS) is 1. The molecule has 47 heavy (non-hydrogen) atoms. The number of esters is 1. The summed E-state index contributed by atoms with van der Waals surface area (Å²) in [6.07, 6.45) is -3.61. The third-order valence-corrected chi connectivity index (χ3v) is 6.67. The van der Waals surface area contributed by atoms with Crippen LogP contribution in [0.4, 0.5) is 18.9 Å². The summed E-state index contributed by atoms with van der Waals surface area (Å²) in [7, 11) is 0. The molecule has 248 valence electrons. The van der Waals surface area contributed by atoms with Gasteiger partial charge in [0.05, 0.1) is 6.42 Å². The third kappa shape index (κ3) is 11.3. The van der Waals surface area contributed by atoms with Gasteiger partial charge in [0.2, 0.25) is 5.91 Å². The van der Waals surface area contributed by atoms with Crippen molar-refractivity contribution in [3.8, 4) is 0 Å². The van der Waals surface area contributed by atoms with Gasteiger partial charge in [-0.3, -0.25) is 24.6 Å². The Kier molecular flexibility index (Phi) is 12.6. The molecule has 0 saturated carbocycles. The summed E-state index contributed by atoms with van der Waals surface area (Å²) in [5, 5.41) is 21.6. The number of nitrogens with two attached hydrogens (primary N) is 1. The number of benzene rings is 3. The van der Waals surface area contributed by atoms with E-state index in [1.54, 1.807) is 53.4 Å². The van der Waals surface area contributed by atoms with Gasteiger partial charge in [0.15, 0.2) is 0 Å². The fraction of sp³-hybridized carbons (Fsp3) is 0.250. The highest BCUT2D eigenvalue weighted by atomic mass is 19.4. The number of aliphatic carboxylic acids is 1. The maximum Gasteiger partial charge on any atom is 0.490 e. The van der Waals surface area contributed by atoms with Gasteiger partial charge in [-0.25, -0.2) is 4.79 Å². The predicted molar refractivity (Wildman–Crippen MR) is 163 cm³/mol. The van der Waals surface area contributed by atoms with E-state index in [0.29, 0.717) is 35.5 Å². The largest absolute Gasteiger partial charge is 0.490 e. The molecule has 1 saturated heterocycles. The Morgan fingerprint density at radius 2 is 1.51 bits per heavy atom. The van der Waals surface area contributed by atoms with Crippen molar-refractivity contribution >= 4 is 41.2 Å². The normalized spacial score (nSPS) is 13.0. The zero-order chi connectivity index (χ0) is 34.6. The van der Waals surface area contributed by atoms with Gasteiger partial charge in [0.25, 0.3) is 11.8 Å². The van der Waals surface area contributed by atoms with E-state index in [-0.39, 0.29) is 23.9 Å². The molecule has 1 aliphatic heterocycles. The Morgan fingerprint density at radius 3 is 2.09 bits per heavy atom. The highest BCUT2D eigenvalue weighted by Gasteiger charge is 2.40. The first-order valence-electron chi connectivity index (χ1n) is 14.2. The van der Waals surface area contributed by atoms with Crippen molar-refractivity contribution in [3.63, 3.8) is 0 Å². The minimum Gasteiger partial charge on any atom is -0.481 e. The molecule has 4 rings (SSSR count). The number of carbonyl (C=O) groups excluding carboxylic acids is 4. The Balaban J connectivity index is 0.000000358. The summed E-state index contributed by atoms with van der Waals surface area (Å²) in [6, 6.07) is 19.0. The number of nitrogen functional groups attached to an aromatic ring is 1. The SMILES string of the molecule is N=C(N)c1cccc(NC(=O)[C@@H](CC(=O)O)NC(=O)c2ccc(C(=O)N3CCCC3)cc2)c1.O=C(OCc1ccccc1)C(F)(F)F. The summed E-state index contributed by atoms with van der Waals surface area (Å²) in [5.74, 6) is -5.09. The number of likely N-dealkylation sites (tertiary alicyclic amines) is 1. The summed E-state index contributed by atoms with van der Waals surface area (Å²) < 4.78 is 39.1. The standard InChI is InChI=1S/C23H25N5O5.C9H7F3O2/c24-20(25)16-4-3-5-17(12-16)26-22(32)18(13-19(29)30)27-21(31)14-6-8-15(9-7-14)23(33)28-10-1-2-11-28;10-9(11,12)8(13)14-6-7-4-2-1-3-5-7/h3-9,12,18H,1-2,10-11,13H2,(H3,24,25)(H,26,32)(H,27,31)(H,29,30);1-5H,6H2/t18-;/m1./s1. The van der Waals surface area contributed by atoms with Gasteiger partial charge in [0, 0.05) is 35.5 Å². The van der Waals surface area contributed by atoms with Crippen molar-refractivity contribution in [2.75, 3.05) is 18.4 Å². The average molecular weight is 656 g/mol. The average Bonchev–Trinajstić information content (AvgIpc) is 3.58. The topological polar surface area (TPSA) is 192 Å². The first kappa shape index (κ1) is 35.7. The number of alkyl halides is 3. The lowest BCUT2D eigenvalue weighted by Crippen LogP contribution is -2.45. The zero-order valence-corrected chi connectivity index (χ0v) is 24.9. The molecule has 3 aromatic rings. The number of rotatable bonds is 10. The van der Waals surface area contributed by atoms with E-state index in [4.69, 9.17) is 11.1 Å². The Morgan fingerprint density at radius 1 is 0.894 bits per heavy atom. The monoisotopic (exact) mass is 655 g/mol. The van der Waals surface area contributed by atoms with Crippen LogP contribution in [0.1, 0.15) is 51.1 Å². The van der Waals surface area contributed by atoms with Crippen LogP contribution in [0.5, 0.6) is 0 Å². The molecule has 1 fully saturated rings. The van der Waals surface area contributed by atoms with Crippen LogP contribution in [0, 0.1) is 5.41 Å². The smallest absolute Gasteiger partial charge is 0.481 e. The summed E-state index contributed by atoms with van der Waals surface area (Å²) in [4.78, 5) is 61.1. The molecule has 3 amide bonds. The first-order valence-corrected chi connectivity index (χ1v) is 14.2. The quantitative estimate of drug-likeness (QED) is 0.124. The number of nitrogens with one attached hydrogen (secondary N) is 3. The molecule has 12 nitrogen and oxygen atoms in total. The van der Waals surface area contributed by atoms with Crippen molar-refractivity contribution in [2.45, 2.75) is 38.1 Å². The van der Waals surface area contributed by atoms with Gasteiger partial charge >= 0.3 is 18.1 Å². The van der Waals surface area contributed by atoms with Gasteiger partial charge in [-0.15, -0.1) is 0 Å². The molecule has 0 aromatic heterocycles. The maximum atomic E-state index is 12.7. The van der Waals surface area contributed by atoms with Crippen LogP contribution in [-0.4, -0.2) is 70.8 Å². The maximum absolute atomic E-state index is 12.7. The molecule has 3 aromatic carbocycles. The Labute approximate surface area is 267 Å². The lowest BCUT2D eigenvalue weighted by atomic mass is 10.1. The predicted octanol–water partition coefficient (Wildman–Crippen LogP) is 3.71. The summed E-state index contributed by atoms with van der Waals surface area (Å²) in [6.45, 7) is 1.06. The van der Waals surface area contributed by atoms with Crippen LogP contribution in [-0.2, 0) is 25.7 Å². The molecule has 0 bridgehead atoms. The molecular formula is C32H32F3N5O7. The van der Waals surface area contributed by atoms with Crippen LogP contribution in [0.2, 0.25) is 0 Å². The van der Waals surface area contributed by atoms with Crippen molar-refractivity contribution in [3.05, 3.63) is 101 Å². The van der Waals surface area contributed by atoms with E-state index in [1.165, 1.54) is 30.3 Å². The van der Waals surface area contributed by atoms with E-state index >= 15 is 0 Å². The first-order chi connectivity index (χ1) is 22.2. The lowest BCUT2D eigenvalue weighted by Gasteiger charge is -2.18. The molecule has 0 radical (unpaired) electrons. The Hall–Kier alpha value is -5.73. The van der Waals surface area contributed by atoms with E-state index in [0.717, 1.165) is 12.8 Å². The van der Waals surface area contributed by atoms with Crippen LogP contribution in [0.3, 0.4) is 0 Å². The molecule has 0 aliphatic carbocycles. The number of hydrogen-bond donors (Lipinski definition) is 5. The van der Waals surface area contributed by atoms with Crippen LogP contribution < -0.4 is 16.4 Å². The lowest BCUT2D eigenvalue weighted by molar-refractivity contribution is -0.201. The zero-order valence-electron chi connectivity index (χ0n) is 24.9. The van der Waals surface area contributed by atoms with Gasteiger partial charge in [-0.05, 0) is 54.8 Å². The minimum absolute atomic E-state index is 0.101. The van der Waals surface area contributed by atoms with E-state index in [9.17, 15) is 42.3 Å².